The molecule has 0 aliphatic carbocycles. The van der Waals surface area contributed by atoms with Gasteiger partial charge in [0.2, 0.25) is 5.91 Å². The molecule has 1 heterocycles. The van der Waals surface area contributed by atoms with Crippen LogP contribution in [0.5, 0.6) is 5.75 Å². The molecule has 0 saturated carbocycles. The molecule has 9 nitrogen and oxygen atoms in total. The number of nitrogens with one attached hydrogen (secondary N) is 3. The lowest BCUT2D eigenvalue weighted by molar-refractivity contribution is -0.125. The molecule has 3 N–H and O–H groups in total. The first-order valence-electron chi connectivity index (χ1n) is 8.50. The minimum absolute atomic E-state index is 0.206. The largest absolute Gasteiger partial charge is 0.497 e. The smallest absolute Gasteiger partial charge is 0.341 e. The predicted molar refractivity (Wildman–Crippen MR) is 107 cm³/mol. The molecule has 2 rings (SSSR count). The summed E-state index contributed by atoms with van der Waals surface area (Å²) in [6.45, 7) is 4.26. The summed E-state index contributed by atoms with van der Waals surface area (Å²) < 4.78 is 10.0. The van der Waals surface area contributed by atoms with E-state index in [4.69, 9.17) is 9.47 Å². The molecule has 0 bridgehead atoms. The standard InChI is InChI=1S/C19H21N3O6S/c1-10-11(2)29-18(20-12(3)23)16(10)19(26)28-9-15(24)21-22-17(25)13-5-7-14(27-4)8-6-13/h5-8H,9H2,1-4H3,(H,20,23)(H,21,24)(H,22,25). The van der Waals surface area contributed by atoms with Gasteiger partial charge in [-0.2, -0.15) is 0 Å². The van der Waals surface area contributed by atoms with Crippen LogP contribution in [0.4, 0.5) is 5.00 Å². The number of hydrogen-bond acceptors (Lipinski definition) is 7. The number of thiophene rings is 1. The third kappa shape index (κ3) is 5.79. The Balaban J connectivity index is 1.89. The Labute approximate surface area is 171 Å². The number of hydrazine groups is 1. The summed E-state index contributed by atoms with van der Waals surface area (Å²) in [6.07, 6.45) is 0. The van der Waals surface area contributed by atoms with Crippen LogP contribution in [-0.4, -0.2) is 37.4 Å². The summed E-state index contributed by atoms with van der Waals surface area (Å²) in [4.78, 5) is 48.4. The lowest BCUT2D eigenvalue weighted by Crippen LogP contribution is -2.43. The summed E-state index contributed by atoms with van der Waals surface area (Å²) in [5, 5.41) is 2.95. The Morgan fingerprint density at radius 1 is 1.03 bits per heavy atom. The molecule has 0 spiro atoms. The molecular formula is C19H21N3O6S. The molecule has 154 valence electrons. The van der Waals surface area contributed by atoms with Crippen molar-refractivity contribution in [2.24, 2.45) is 0 Å². The van der Waals surface area contributed by atoms with E-state index < -0.39 is 24.4 Å². The number of hydrogen-bond donors (Lipinski definition) is 3. The third-order valence-electron chi connectivity index (χ3n) is 3.88. The number of amides is 3. The van der Waals surface area contributed by atoms with Gasteiger partial charge in [0.1, 0.15) is 10.8 Å². The minimum Gasteiger partial charge on any atom is -0.497 e. The number of ether oxygens (including phenoxy) is 2. The Morgan fingerprint density at radius 3 is 2.28 bits per heavy atom. The van der Waals surface area contributed by atoms with E-state index >= 15 is 0 Å². The van der Waals surface area contributed by atoms with Gasteiger partial charge in [-0.05, 0) is 43.7 Å². The van der Waals surface area contributed by atoms with Crippen molar-refractivity contribution in [3.05, 3.63) is 45.8 Å². The van der Waals surface area contributed by atoms with Gasteiger partial charge in [0, 0.05) is 17.4 Å². The molecule has 0 saturated heterocycles. The van der Waals surface area contributed by atoms with Gasteiger partial charge >= 0.3 is 5.97 Å². The van der Waals surface area contributed by atoms with Crippen LogP contribution in [0.2, 0.25) is 0 Å². The van der Waals surface area contributed by atoms with Crippen LogP contribution in [-0.2, 0) is 14.3 Å². The van der Waals surface area contributed by atoms with Crippen molar-refractivity contribution in [1.82, 2.24) is 10.9 Å². The van der Waals surface area contributed by atoms with Crippen molar-refractivity contribution in [2.75, 3.05) is 19.0 Å². The molecule has 2 aromatic rings. The second kappa shape index (κ2) is 9.69. The van der Waals surface area contributed by atoms with E-state index in [2.05, 4.69) is 16.2 Å². The second-order valence-electron chi connectivity index (χ2n) is 5.98. The number of methoxy groups -OCH3 is 1. The number of anilines is 1. The molecule has 0 aliphatic rings. The molecule has 0 atom stereocenters. The van der Waals surface area contributed by atoms with E-state index in [1.807, 2.05) is 6.92 Å². The molecule has 0 fully saturated rings. The highest BCUT2D eigenvalue weighted by Crippen LogP contribution is 2.32. The monoisotopic (exact) mass is 419 g/mol. The number of aryl methyl sites for hydroxylation is 1. The average molecular weight is 419 g/mol. The van der Waals surface area contributed by atoms with E-state index in [0.717, 1.165) is 4.88 Å². The van der Waals surface area contributed by atoms with Gasteiger partial charge in [-0.25, -0.2) is 4.79 Å². The Morgan fingerprint density at radius 2 is 1.69 bits per heavy atom. The normalized spacial score (nSPS) is 10.1. The number of carbonyl (C=O) groups is 4. The number of benzene rings is 1. The Hall–Kier alpha value is -3.40. The molecule has 0 unspecified atom stereocenters. The maximum atomic E-state index is 12.4. The highest BCUT2D eigenvalue weighted by atomic mass is 32.1. The van der Waals surface area contributed by atoms with E-state index in [1.54, 1.807) is 19.1 Å². The first-order chi connectivity index (χ1) is 13.7. The Kier molecular flexibility index (Phi) is 7.32. The zero-order valence-corrected chi connectivity index (χ0v) is 17.2. The molecule has 1 aromatic heterocycles. The maximum Gasteiger partial charge on any atom is 0.341 e. The summed E-state index contributed by atoms with van der Waals surface area (Å²) in [5.74, 6) is -1.72. The lowest BCUT2D eigenvalue weighted by Gasteiger charge is -2.09. The highest BCUT2D eigenvalue weighted by molar-refractivity contribution is 7.16. The molecule has 10 heteroatoms. The topological polar surface area (TPSA) is 123 Å². The molecule has 0 radical (unpaired) electrons. The van der Waals surface area contributed by atoms with E-state index in [1.165, 1.54) is 37.5 Å². The molecule has 1 aromatic carbocycles. The quantitative estimate of drug-likeness (QED) is 0.486. The first kappa shape index (κ1) is 21.9. The first-order valence-corrected chi connectivity index (χ1v) is 9.32. The summed E-state index contributed by atoms with van der Waals surface area (Å²) in [7, 11) is 1.51. The third-order valence-corrected chi connectivity index (χ3v) is 5.00. The summed E-state index contributed by atoms with van der Waals surface area (Å²) >= 11 is 1.25. The molecule has 0 aliphatic heterocycles. The van der Waals surface area contributed by atoms with Crippen molar-refractivity contribution in [3.8, 4) is 5.75 Å². The van der Waals surface area contributed by atoms with Crippen molar-refractivity contribution in [2.45, 2.75) is 20.8 Å². The van der Waals surface area contributed by atoms with Gasteiger partial charge in [0.25, 0.3) is 11.8 Å². The van der Waals surface area contributed by atoms with Gasteiger partial charge in [-0.3, -0.25) is 25.2 Å². The van der Waals surface area contributed by atoms with Crippen LogP contribution < -0.4 is 20.9 Å². The summed E-state index contributed by atoms with van der Waals surface area (Å²) in [5.41, 5.74) is 5.58. The number of esters is 1. The van der Waals surface area contributed by atoms with Crippen molar-refractivity contribution in [3.63, 3.8) is 0 Å². The van der Waals surface area contributed by atoms with Crippen LogP contribution >= 0.6 is 11.3 Å². The fraction of sp³-hybridized carbons (Fsp3) is 0.263. The average Bonchev–Trinajstić information content (AvgIpc) is 2.96. The van der Waals surface area contributed by atoms with Crippen molar-refractivity contribution in [1.29, 1.82) is 0 Å². The van der Waals surface area contributed by atoms with Crippen LogP contribution in [0.3, 0.4) is 0 Å². The second-order valence-corrected chi connectivity index (χ2v) is 7.20. The SMILES string of the molecule is COc1ccc(C(=O)NNC(=O)COC(=O)c2c(NC(C)=O)sc(C)c2C)cc1. The van der Waals surface area contributed by atoms with Crippen LogP contribution in [0, 0.1) is 13.8 Å². The van der Waals surface area contributed by atoms with Gasteiger partial charge < -0.3 is 14.8 Å². The molecule has 3 amide bonds. The fourth-order valence-corrected chi connectivity index (χ4v) is 3.40. The zero-order chi connectivity index (χ0) is 21.6. The highest BCUT2D eigenvalue weighted by Gasteiger charge is 2.22. The predicted octanol–water partition coefficient (Wildman–Crippen LogP) is 1.95. The van der Waals surface area contributed by atoms with E-state index in [0.29, 0.717) is 21.9 Å². The van der Waals surface area contributed by atoms with Gasteiger partial charge in [-0.1, -0.05) is 0 Å². The van der Waals surface area contributed by atoms with E-state index in [-0.39, 0.29) is 11.5 Å². The van der Waals surface area contributed by atoms with Crippen LogP contribution in [0.25, 0.3) is 0 Å². The Bertz CT molecular complexity index is 936. The fourth-order valence-electron chi connectivity index (χ4n) is 2.30. The van der Waals surface area contributed by atoms with Crippen molar-refractivity contribution < 1.29 is 28.7 Å². The lowest BCUT2D eigenvalue weighted by atomic mass is 10.1. The summed E-state index contributed by atoms with van der Waals surface area (Å²) in [6, 6.07) is 6.28. The van der Waals surface area contributed by atoms with Gasteiger partial charge in [0.05, 0.1) is 12.7 Å². The van der Waals surface area contributed by atoms with Crippen molar-refractivity contribution >= 4 is 40.0 Å². The zero-order valence-electron chi connectivity index (χ0n) is 16.4. The van der Waals surface area contributed by atoms with Gasteiger partial charge in [-0.15, -0.1) is 11.3 Å². The number of carbonyl (C=O) groups excluding carboxylic acids is 4. The van der Waals surface area contributed by atoms with Gasteiger partial charge in [0.15, 0.2) is 6.61 Å². The van der Waals surface area contributed by atoms with Crippen LogP contribution in [0.15, 0.2) is 24.3 Å². The molecule has 29 heavy (non-hydrogen) atoms. The molecular weight excluding hydrogens is 398 g/mol. The number of rotatable bonds is 6. The minimum atomic E-state index is -0.743. The maximum absolute atomic E-state index is 12.4. The van der Waals surface area contributed by atoms with E-state index in [9.17, 15) is 19.2 Å². The van der Waals surface area contributed by atoms with Crippen LogP contribution in [0.1, 0.15) is 38.1 Å².